The van der Waals surface area contributed by atoms with Crippen LogP contribution in [0.2, 0.25) is 0 Å². The number of nitrogens with zero attached hydrogens (tertiary/aromatic N) is 1. The van der Waals surface area contributed by atoms with Crippen molar-refractivity contribution in [2.45, 2.75) is 0 Å². The van der Waals surface area contributed by atoms with E-state index in [-0.39, 0.29) is 5.82 Å². The zero-order valence-electron chi connectivity index (χ0n) is 6.90. The largest absolute Gasteiger partial charge is 0.710 e. The quantitative estimate of drug-likeness (QED) is 0.455. The summed E-state index contributed by atoms with van der Waals surface area (Å²) in [7, 11) is 0. The van der Waals surface area contributed by atoms with E-state index in [9.17, 15) is 5.21 Å². The Balaban J connectivity index is 2.94. The molecule has 0 unspecified atom stereocenters. The normalized spacial score (nSPS) is 10.5. The number of hydrogen-bond acceptors (Lipinski definition) is 3. The van der Waals surface area contributed by atoms with E-state index in [0.29, 0.717) is 15.9 Å². The Morgan fingerprint density at radius 3 is 2.62 bits per heavy atom. The van der Waals surface area contributed by atoms with Crippen molar-refractivity contribution in [1.29, 1.82) is 0 Å². The highest BCUT2D eigenvalue weighted by Crippen LogP contribution is 2.17. The number of nitrogen functional groups attached to an aromatic ring is 2. The molecule has 4 nitrogen and oxygen atoms in total. The highest BCUT2D eigenvalue weighted by Gasteiger charge is 2.07. The molecule has 0 saturated heterocycles. The van der Waals surface area contributed by atoms with Crippen LogP contribution in [0.3, 0.4) is 0 Å². The fourth-order valence-electron chi connectivity index (χ4n) is 1.28. The maximum atomic E-state index is 11.5. The van der Waals surface area contributed by atoms with Crippen molar-refractivity contribution in [3.05, 3.63) is 35.5 Å². The molecule has 1 aromatic carbocycles. The zero-order chi connectivity index (χ0) is 9.42. The highest BCUT2D eigenvalue weighted by molar-refractivity contribution is 5.81. The summed E-state index contributed by atoms with van der Waals surface area (Å²) in [4.78, 5) is 0. The van der Waals surface area contributed by atoms with Crippen LogP contribution >= 0.6 is 0 Å². The molecule has 4 N–H and O–H groups in total. The van der Waals surface area contributed by atoms with Crippen molar-refractivity contribution in [2.75, 3.05) is 11.5 Å². The monoisotopic (exact) mass is 175 g/mol. The number of aromatic nitrogens is 1. The predicted molar refractivity (Wildman–Crippen MR) is 51.7 cm³/mol. The van der Waals surface area contributed by atoms with E-state index < -0.39 is 0 Å². The molecule has 66 valence electrons. The minimum atomic E-state index is 0.0544. The van der Waals surface area contributed by atoms with Gasteiger partial charge in [-0.05, 0) is 12.1 Å². The maximum absolute atomic E-state index is 11.5. The van der Waals surface area contributed by atoms with Crippen LogP contribution in [0.1, 0.15) is 0 Å². The maximum Gasteiger partial charge on any atom is 0.299 e. The molecule has 1 aromatic heterocycles. The number of nitrogens with two attached hydrogens (primary N) is 2. The van der Waals surface area contributed by atoms with Gasteiger partial charge in [0, 0.05) is 5.39 Å². The van der Waals surface area contributed by atoms with Crippen LogP contribution in [0.4, 0.5) is 11.5 Å². The number of anilines is 2. The van der Waals surface area contributed by atoms with E-state index in [1.807, 2.05) is 12.1 Å². The molecule has 0 bridgehead atoms. The Bertz CT molecular complexity index is 468. The second-order valence-electron chi connectivity index (χ2n) is 2.84. The van der Waals surface area contributed by atoms with Gasteiger partial charge in [-0.15, -0.1) is 0 Å². The molecule has 0 atom stereocenters. The first-order valence-corrected chi connectivity index (χ1v) is 3.86. The molecule has 2 rings (SSSR count). The first kappa shape index (κ1) is 7.67. The SMILES string of the molecule is Nc1cc2ccccc2[n+]([O-])c1N. The summed E-state index contributed by atoms with van der Waals surface area (Å²) >= 11 is 0. The molecule has 0 radical (unpaired) electrons. The summed E-state index contributed by atoms with van der Waals surface area (Å²) in [5.74, 6) is 0.0544. The molecular formula is C9H9N3O. The summed E-state index contributed by atoms with van der Waals surface area (Å²) in [6, 6.07) is 8.85. The average molecular weight is 175 g/mol. The van der Waals surface area contributed by atoms with Gasteiger partial charge in [-0.2, -0.15) is 0 Å². The molecule has 1 heterocycles. The van der Waals surface area contributed by atoms with Crippen LogP contribution in [0.5, 0.6) is 0 Å². The number of benzene rings is 1. The summed E-state index contributed by atoms with van der Waals surface area (Å²) in [6.45, 7) is 0. The third-order valence-corrected chi connectivity index (χ3v) is 1.98. The molecular weight excluding hydrogens is 166 g/mol. The molecule has 2 aromatic rings. The highest BCUT2D eigenvalue weighted by atomic mass is 16.5. The van der Waals surface area contributed by atoms with Crippen LogP contribution < -0.4 is 16.2 Å². The Morgan fingerprint density at radius 2 is 1.85 bits per heavy atom. The second kappa shape index (κ2) is 2.52. The topological polar surface area (TPSA) is 79.0 Å². The van der Waals surface area contributed by atoms with Gasteiger partial charge in [0.05, 0.1) is 0 Å². The minimum Gasteiger partial charge on any atom is -0.710 e. The molecule has 0 aliphatic rings. The summed E-state index contributed by atoms with van der Waals surface area (Å²) < 4.78 is 0.644. The first-order chi connectivity index (χ1) is 6.20. The van der Waals surface area contributed by atoms with Crippen molar-refractivity contribution in [2.24, 2.45) is 0 Å². The summed E-state index contributed by atoms with van der Waals surface area (Å²) in [5, 5.41) is 12.3. The van der Waals surface area contributed by atoms with Crippen molar-refractivity contribution in [3.8, 4) is 0 Å². The van der Waals surface area contributed by atoms with E-state index in [2.05, 4.69) is 0 Å². The molecule has 0 aliphatic heterocycles. The average Bonchev–Trinajstić information content (AvgIpc) is 2.15. The number of pyridine rings is 1. The number of fused-ring (bicyclic) bond motifs is 1. The molecule has 0 spiro atoms. The second-order valence-corrected chi connectivity index (χ2v) is 2.84. The number of hydrogen-bond donors (Lipinski definition) is 2. The Labute approximate surface area is 75.0 Å². The lowest BCUT2D eigenvalue weighted by Crippen LogP contribution is -2.32. The van der Waals surface area contributed by atoms with Crippen molar-refractivity contribution >= 4 is 22.4 Å². The number of rotatable bonds is 0. The zero-order valence-corrected chi connectivity index (χ0v) is 6.90. The van der Waals surface area contributed by atoms with E-state index in [4.69, 9.17) is 11.5 Å². The number of para-hydroxylation sites is 1. The van der Waals surface area contributed by atoms with E-state index >= 15 is 0 Å². The van der Waals surface area contributed by atoms with Crippen LogP contribution in [0.25, 0.3) is 10.9 Å². The van der Waals surface area contributed by atoms with Gasteiger partial charge >= 0.3 is 0 Å². The predicted octanol–water partition coefficient (Wildman–Crippen LogP) is 0.638. The van der Waals surface area contributed by atoms with Gasteiger partial charge in [0.2, 0.25) is 0 Å². The molecule has 0 aliphatic carbocycles. The van der Waals surface area contributed by atoms with Crippen LogP contribution in [-0.4, -0.2) is 0 Å². The Morgan fingerprint density at radius 1 is 1.15 bits per heavy atom. The fraction of sp³-hybridized carbons (Fsp3) is 0. The lowest BCUT2D eigenvalue weighted by atomic mass is 10.2. The van der Waals surface area contributed by atoms with Gasteiger partial charge in [-0.3, -0.25) is 5.73 Å². The van der Waals surface area contributed by atoms with Crippen LogP contribution in [0.15, 0.2) is 30.3 Å². The lowest BCUT2D eigenvalue weighted by Gasteiger charge is -2.10. The van der Waals surface area contributed by atoms with E-state index in [1.165, 1.54) is 0 Å². The third kappa shape index (κ3) is 1.03. The van der Waals surface area contributed by atoms with Crippen LogP contribution in [0, 0.1) is 5.21 Å². The third-order valence-electron chi connectivity index (χ3n) is 1.98. The van der Waals surface area contributed by atoms with Gasteiger partial charge in [0.15, 0.2) is 0 Å². The summed E-state index contributed by atoms with van der Waals surface area (Å²) in [5.41, 5.74) is 11.9. The fourth-order valence-corrected chi connectivity index (χ4v) is 1.28. The lowest BCUT2D eigenvalue weighted by molar-refractivity contribution is -0.560. The Kier molecular flexibility index (Phi) is 1.48. The van der Waals surface area contributed by atoms with Crippen LogP contribution in [-0.2, 0) is 0 Å². The van der Waals surface area contributed by atoms with E-state index in [0.717, 1.165) is 5.39 Å². The first-order valence-electron chi connectivity index (χ1n) is 3.86. The molecule has 4 heteroatoms. The molecule has 0 amide bonds. The standard InChI is InChI=1S/C9H9N3O/c10-7-5-6-3-1-2-4-8(6)12(13)9(7)11/h1-5H,10-11H2. The Hall–Kier alpha value is -1.97. The van der Waals surface area contributed by atoms with Gasteiger partial charge in [0.1, 0.15) is 11.2 Å². The van der Waals surface area contributed by atoms with Crippen molar-refractivity contribution < 1.29 is 4.73 Å². The molecule has 0 saturated carbocycles. The van der Waals surface area contributed by atoms with Crippen molar-refractivity contribution in [3.63, 3.8) is 0 Å². The summed E-state index contributed by atoms with van der Waals surface area (Å²) in [6.07, 6.45) is 0. The smallest absolute Gasteiger partial charge is 0.299 e. The van der Waals surface area contributed by atoms with Gasteiger partial charge in [-0.25, -0.2) is 4.73 Å². The molecule has 0 fully saturated rings. The minimum absolute atomic E-state index is 0.0544. The molecule has 13 heavy (non-hydrogen) atoms. The van der Waals surface area contributed by atoms with Crippen molar-refractivity contribution in [1.82, 2.24) is 0 Å². The van der Waals surface area contributed by atoms with E-state index in [1.54, 1.807) is 18.2 Å². The van der Waals surface area contributed by atoms with Gasteiger partial charge in [-0.1, -0.05) is 18.2 Å². The van der Waals surface area contributed by atoms with Gasteiger partial charge < -0.3 is 10.9 Å². The van der Waals surface area contributed by atoms with Gasteiger partial charge in [0.25, 0.3) is 5.82 Å².